The molecule has 1 saturated heterocycles. The number of nitrogens with one attached hydrogen (secondary N) is 1. The molecule has 1 fully saturated rings. The molecule has 0 bridgehead atoms. The van der Waals surface area contributed by atoms with Gasteiger partial charge in [0.15, 0.2) is 0 Å². The third kappa shape index (κ3) is 3.16. The molecule has 0 spiro atoms. The van der Waals surface area contributed by atoms with Gasteiger partial charge in [-0.3, -0.25) is 14.9 Å². The molecule has 8 heteroatoms. The van der Waals surface area contributed by atoms with Crippen LogP contribution in [0.5, 0.6) is 0 Å². The molecule has 0 aliphatic carbocycles. The molecule has 1 heterocycles. The number of rotatable bonds is 4. The normalized spacial score (nSPS) is 14.4. The number of nitrogens with zero attached hydrogens (tertiary/aromatic N) is 2. The first-order chi connectivity index (χ1) is 9.49. The lowest BCUT2D eigenvalue weighted by Gasteiger charge is -2.16. The molecule has 108 valence electrons. The lowest BCUT2D eigenvalue weighted by molar-refractivity contribution is -0.384. The lowest BCUT2D eigenvalue weighted by Crippen LogP contribution is -2.33. The predicted molar refractivity (Wildman–Crippen MR) is 72.4 cm³/mol. The SMILES string of the molecule is O=C(CNc1cc(Cl)c(F)cc1[N+](=O)[O-])N1CCCC1. The van der Waals surface area contributed by atoms with Crippen LogP contribution in [0.1, 0.15) is 12.8 Å². The lowest BCUT2D eigenvalue weighted by atomic mass is 10.2. The summed E-state index contributed by atoms with van der Waals surface area (Å²) >= 11 is 5.60. The number of likely N-dealkylation sites (tertiary alicyclic amines) is 1. The third-order valence-corrected chi connectivity index (χ3v) is 3.41. The Morgan fingerprint density at radius 3 is 2.70 bits per heavy atom. The van der Waals surface area contributed by atoms with Gasteiger partial charge in [0.2, 0.25) is 5.91 Å². The van der Waals surface area contributed by atoms with E-state index >= 15 is 0 Å². The summed E-state index contributed by atoms with van der Waals surface area (Å²) in [7, 11) is 0. The molecular formula is C12H13ClFN3O3. The predicted octanol–water partition coefficient (Wildman–Crippen LogP) is 2.42. The van der Waals surface area contributed by atoms with Gasteiger partial charge >= 0.3 is 0 Å². The van der Waals surface area contributed by atoms with Crippen LogP contribution >= 0.6 is 11.6 Å². The molecule has 6 nitrogen and oxygen atoms in total. The van der Waals surface area contributed by atoms with Gasteiger partial charge in [-0.05, 0) is 18.9 Å². The van der Waals surface area contributed by atoms with Crippen molar-refractivity contribution in [2.75, 3.05) is 25.0 Å². The molecule has 1 amide bonds. The van der Waals surface area contributed by atoms with Crippen LogP contribution < -0.4 is 5.32 Å². The van der Waals surface area contributed by atoms with Gasteiger partial charge in [0, 0.05) is 13.1 Å². The summed E-state index contributed by atoms with van der Waals surface area (Å²) in [6.45, 7) is 1.32. The Kier molecular flexibility index (Phi) is 4.39. The quantitative estimate of drug-likeness (QED) is 0.684. The highest BCUT2D eigenvalue weighted by atomic mass is 35.5. The minimum Gasteiger partial charge on any atom is -0.371 e. The van der Waals surface area contributed by atoms with Crippen LogP contribution in [0.4, 0.5) is 15.8 Å². The minimum atomic E-state index is -0.866. The summed E-state index contributed by atoms with van der Waals surface area (Å²) in [5.74, 6) is -1.01. The number of nitro benzene ring substituents is 1. The van der Waals surface area contributed by atoms with E-state index in [1.54, 1.807) is 4.90 Å². The van der Waals surface area contributed by atoms with Gasteiger partial charge in [-0.1, -0.05) is 11.6 Å². The summed E-state index contributed by atoms with van der Waals surface area (Å²) in [5.41, 5.74) is -0.407. The van der Waals surface area contributed by atoms with E-state index in [4.69, 9.17) is 11.6 Å². The maximum Gasteiger partial charge on any atom is 0.295 e. The van der Waals surface area contributed by atoms with E-state index in [1.807, 2.05) is 0 Å². The van der Waals surface area contributed by atoms with Crippen LogP contribution in [0.3, 0.4) is 0 Å². The Morgan fingerprint density at radius 2 is 2.10 bits per heavy atom. The maximum absolute atomic E-state index is 13.2. The van der Waals surface area contributed by atoms with Crippen LogP contribution in [0.2, 0.25) is 5.02 Å². The number of halogens is 2. The number of carbonyl (C=O) groups is 1. The topological polar surface area (TPSA) is 75.5 Å². The van der Waals surface area contributed by atoms with Crippen LogP contribution in [-0.4, -0.2) is 35.4 Å². The molecule has 0 aromatic heterocycles. The Bertz CT molecular complexity index is 547. The number of nitro groups is 1. The molecular weight excluding hydrogens is 289 g/mol. The highest BCUT2D eigenvalue weighted by Gasteiger charge is 2.21. The summed E-state index contributed by atoms with van der Waals surface area (Å²) < 4.78 is 13.2. The molecule has 1 aliphatic rings. The average molecular weight is 302 g/mol. The molecule has 1 aromatic rings. The van der Waals surface area contributed by atoms with Gasteiger partial charge in [-0.25, -0.2) is 4.39 Å². The number of hydrogen-bond acceptors (Lipinski definition) is 4. The molecule has 1 N–H and O–H groups in total. The van der Waals surface area contributed by atoms with Crippen molar-refractivity contribution in [3.05, 3.63) is 33.1 Å². The van der Waals surface area contributed by atoms with Crippen LogP contribution in [-0.2, 0) is 4.79 Å². The summed E-state index contributed by atoms with van der Waals surface area (Å²) in [5, 5.41) is 13.3. The molecule has 1 aromatic carbocycles. The first-order valence-electron chi connectivity index (χ1n) is 6.14. The summed E-state index contributed by atoms with van der Waals surface area (Å²) in [4.78, 5) is 23.6. The Hall–Kier alpha value is -1.89. The van der Waals surface area contributed by atoms with E-state index in [1.165, 1.54) is 0 Å². The molecule has 0 radical (unpaired) electrons. The standard InChI is InChI=1S/C12H13ClFN3O3/c13-8-5-10(11(17(19)20)6-9(8)14)15-7-12(18)16-3-1-2-4-16/h5-6,15H,1-4,7H2. The van der Waals surface area contributed by atoms with E-state index in [0.29, 0.717) is 13.1 Å². The second-order valence-corrected chi connectivity index (χ2v) is 4.89. The Labute approximate surface area is 119 Å². The minimum absolute atomic E-state index is 0.0361. The van der Waals surface area contributed by atoms with E-state index in [-0.39, 0.29) is 23.2 Å². The van der Waals surface area contributed by atoms with Crippen molar-refractivity contribution in [2.45, 2.75) is 12.8 Å². The summed E-state index contributed by atoms with van der Waals surface area (Å²) in [6, 6.07) is 1.86. The number of carbonyl (C=O) groups excluding carboxylic acids is 1. The van der Waals surface area contributed by atoms with E-state index < -0.39 is 16.4 Å². The number of amides is 1. The first-order valence-corrected chi connectivity index (χ1v) is 6.52. The fourth-order valence-electron chi connectivity index (χ4n) is 2.08. The number of hydrogen-bond donors (Lipinski definition) is 1. The molecule has 2 rings (SSSR count). The fourth-order valence-corrected chi connectivity index (χ4v) is 2.24. The monoisotopic (exact) mass is 301 g/mol. The van der Waals surface area contributed by atoms with E-state index in [2.05, 4.69) is 5.32 Å². The van der Waals surface area contributed by atoms with Gasteiger partial charge in [0.25, 0.3) is 5.69 Å². The highest BCUT2D eigenvalue weighted by molar-refractivity contribution is 6.31. The van der Waals surface area contributed by atoms with Gasteiger partial charge < -0.3 is 10.2 Å². The largest absolute Gasteiger partial charge is 0.371 e. The van der Waals surface area contributed by atoms with Gasteiger partial charge in [0.05, 0.1) is 22.6 Å². The molecule has 0 saturated carbocycles. The van der Waals surface area contributed by atoms with Crippen molar-refractivity contribution in [2.24, 2.45) is 0 Å². The third-order valence-electron chi connectivity index (χ3n) is 3.12. The zero-order valence-corrected chi connectivity index (χ0v) is 11.3. The van der Waals surface area contributed by atoms with Crippen LogP contribution in [0, 0.1) is 15.9 Å². The van der Waals surface area contributed by atoms with Crippen molar-refractivity contribution in [3.8, 4) is 0 Å². The highest BCUT2D eigenvalue weighted by Crippen LogP contribution is 2.30. The van der Waals surface area contributed by atoms with E-state index in [9.17, 15) is 19.3 Å². The van der Waals surface area contributed by atoms with Crippen molar-refractivity contribution < 1.29 is 14.1 Å². The van der Waals surface area contributed by atoms with E-state index in [0.717, 1.165) is 25.0 Å². The second-order valence-electron chi connectivity index (χ2n) is 4.48. The maximum atomic E-state index is 13.2. The van der Waals surface area contributed by atoms with Gasteiger partial charge in [-0.15, -0.1) is 0 Å². The first kappa shape index (κ1) is 14.5. The average Bonchev–Trinajstić information content (AvgIpc) is 2.93. The molecule has 0 atom stereocenters. The Balaban J connectivity index is 2.10. The smallest absolute Gasteiger partial charge is 0.295 e. The Morgan fingerprint density at radius 1 is 1.45 bits per heavy atom. The molecule has 20 heavy (non-hydrogen) atoms. The van der Waals surface area contributed by atoms with Gasteiger partial charge in [-0.2, -0.15) is 0 Å². The van der Waals surface area contributed by atoms with Crippen molar-refractivity contribution >= 4 is 28.9 Å². The molecule has 1 aliphatic heterocycles. The molecule has 0 unspecified atom stereocenters. The van der Waals surface area contributed by atoms with Crippen molar-refractivity contribution in [1.29, 1.82) is 0 Å². The van der Waals surface area contributed by atoms with Crippen molar-refractivity contribution in [1.82, 2.24) is 4.90 Å². The second kappa shape index (κ2) is 6.04. The number of anilines is 1. The summed E-state index contributed by atoms with van der Waals surface area (Å²) in [6.07, 6.45) is 1.93. The van der Waals surface area contributed by atoms with Gasteiger partial charge in [0.1, 0.15) is 11.5 Å². The number of benzene rings is 1. The zero-order valence-electron chi connectivity index (χ0n) is 10.6. The van der Waals surface area contributed by atoms with Crippen LogP contribution in [0.25, 0.3) is 0 Å². The zero-order chi connectivity index (χ0) is 14.7. The fraction of sp³-hybridized carbons (Fsp3) is 0.417. The van der Waals surface area contributed by atoms with Crippen molar-refractivity contribution in [3.63, 3.8) is 0 Å². The van der Waals surface area contributed by atoms with Crippen LogP contribution in [0.15, 0.2) is 12.1 Å².